The van der Waals surface area contributed by atoms with E-state index < -0.39 is 16.7 Å². The minimum absolute atomic E-state index is 0.0292. The highest BCUT2D eigenvalue weighted by Crippen LogP contribution is 2.24. The third kappa shape index (κ3) is 3.54. The maximum absolute atomic E-state index is 11.8. The Morgan fingerprint density at radius 2 is 2.11 bits per heavy atom. The predicted octanol–water partition coefficient (Wildman–Crippen LogP) is 1.72. The zero-order valence-corrected chi connectivity index (χ0v) is 11.0. The standard InChI is InChI=1S/C12H18N2O5/c1-3-12(4-2,8-15)7-13-11(16)9-5-6-10(19-9)14(17)18/h5-6,15H,3-4,7-8H2,1-2H3,(H,13,16). The largest absolute Gasteiger partial charge is 0.433 e. The lowest BCUT2D eigenvalue weighted by molar-refractivity contribution is -0.402. The van der Waals surface area contributed by atoms with Gasteiger partial charge < -0.3 is 14.8 Å². The molecule has 0 aliphatic carbocycles. The molecule has 0 aromatic carbocycles. The van der Waals surface area contributed by atoms with Crippen molar-refractivity contribution in [1.82, 2.24) is 5.32 Å². The molecule has 7 nitrogen and oxygen atoms in total. The van der Waals surface area contributed by atoms with Crippen LogP contribution < -0.4 is 5.32 Å². The van der Waals surface area contributed by atoms with Crippen molar-refractivity contribution in [3.8, 4) is 0 Å². The molecule has 19 heavy (non-hydrogen) atoms. The van der Waals surface area contributed by atoms with Crippen LogP contribution in [0.3, 0.4) is 0 Å². The molecule has 0 atom stereocenters. The predicted molar refractivity (Wildman–Crippen MR) is 67.8 cm³/mol. The molecule has 1 rings (SSSR count). The summed E-state index contributed by atoms with van der Waals surface area (Å²) in [6.45, 7) is 4.13. The van der Waals surface area contributed by atoms with Crippen LogP contribution in [0, 0.1) is 15.5 Å². The molecule has 0 radical (unpaired) electrons. The Labute approximate surface area is 110 Å². The van der Waals surface area contributed by atoms with E-state index in [-0.39, 0.29) is 17.8 Å². The topological polar surface area (TPSA) is 106 Å². The SMILES string of the molecule is CCC(CC)(CO)CNC(=O)c1ccc([N+](=O)[O-])o1. The van der Waals surface area contributed by atoms with Crippen LogP contribution in [0.2, 0.25) is 0 Å². The number of amides is 1. The van der Waals surface area contributed by atoms with E-state index in [1.54, 1.807) is 0 Å². The van der Waals surface area contributed by atoms with Crippen LogP contribution in [0.15, 0.2) is 16.5 Å². The number of hydrogen-bond acceptors (Lipinski definition) is 5. The van der Waals surface area contributed by atoms with Crippen molar-refractivity contribution in [3.63, 3.8) is 0 Å². The van der Waals surface area contributed by atoms with Gasteiger partial charge in [-0.25, -0.2) is 0 Å². The van der Waals surface area contributed by atoms with Gasteiger partial charge in [0.05, 0.1) is 12.7 Å². The van der Waals surface area contributed by atoms with Crippen LogP contribution >= 0.6 is 0 Å². The summed E-state index contributed by atoms with van der Waals surface area (Å²) >= 11 is 0. The van der Waals surface area contributed by atoms with Crippen molar-refractivity contribution >= 4 is 11.8 Å². The summed E-state index contributed by atoms with van der Waals surface area (Å²) in [5.41, 5.74) is -0.367. The van der Waals surface area contributed by atoms with E-state index in [2.05, 4.69) is 5.32 Å². The zero-order valence-electron chi connectivity index (χ0n) is 11.0. The summed E-state index contributed by atoms with van der Waals surface area (Å²) in [6.07, 6.45) is 1.44. The summed E-state index contributed by atoms with van der Waals surface area (Å²) in [5, 5.41) is 22.4. The molecule has 1 heterocycles. The van der Waals surface area contributed by atoms with Crippen molar-refractivity contribution in [2.75, 3.05) is 13.2 Å². The summed E-state index contributed by atoms with van der Waals surface area (Å²) < 4.78 is 4.80. The average molecular weight is 270 g/mol. The van der Waals surface area contributed by atoms with Gasteiger partial charge in [0.25, 0.3) is 5.91 Å². The van der Waals surface area contributed by atoms with E-state index in [9.17, 15) is 20.0 Å². The minimum atomic E-state index is -0.702. The van der Waals surface area contributed by atoms with Gasteiger partial charge in [0.15, 0.2) is 5.76 Å². The van der Waals surface area contributed by atoms with Crippen LogP contribution in [0.5, 0.6) is 0 Å². The van der Waals surface area contributed by atoms with E-state index in [1.807, 2.05) is 13.8 Å². The Hall–Kier alpha value is -1.89. The second-order valence-electron chi connectivity index (χ2n) is 4.44. The van der Waals surface area contributed by atoms with Crippen molar-refractivity contribution in [1.29, 1.82) is 0 Å². The lowest BCUT2D eigenvalue weighted by Gasteiger charge is -2.29. The highest BCUT2D eigenvalue weighted by Gasteiger charge is 2.27. The molecule has 2 N–H and O–H groups in total. The minimum Gasteiger partial charge on any atom is -0.396 e. The number of carbonyl (C=O) groups excluding carboxylic acids is 1. The lowest BCUT2D eigenvalue weighted by Crippen LogP contribution is -2.39. The molecule has 0 aliphatic rings. The van der Waals surface area contributed by atoms with Crippen LogP contribution in [-0.2, 0) is 0 Å². The Bertz CT molecular complexity index is 442. The normalized spacial score (nSPS) is 11.3. The molecule has 0 aliphatic heterocycles. The second kappa shape index (κ2) is 6.33. The number of carbonyl (C=O) groups is 1. The smallest absolute Gasteiger partial charge is 0.396 e. The maximum atomic E-state index is 11.8. The van der Waals surface area contributed by atoms with Gasteiger partial charge in [-0.2, -0.15) is 0 Å². The van der Waals surface area contributed by atoms with Crippen LogP contribution in [0.4, 0.5) is 5.88 Å². The van der Waals surface area contributed by atoms with E-state index in [0.29, 0.717) is 6.54 Å². The number of aliphatic hydroxyl groups is 1. The van der Waals surface area contributed by atoms with Gasteiger partial charge in [-0.3, -0.25) is 14.9 Å². The van der Waals surface area contributed by atoms with Crippen LogP contribution in [-0.4, -0.2) is 29.1 Å². The second-order valence-corrected chi connectivity index (χ2v) is 4.44. The molecule has 1 aromatic rings. The molecule has 7 heteroatoms. The number of hydrogen-bond donors (Lipinski definition) is 2. The molecule has 0 bridgehead atoms. The number of nitrogens with one attached hydrogen (secondary N) is 1. The monoisotopic (exact) mass is 270 g/mol. The number of nitrogens with zero attached hydrogens (tertiary/aromatic N) is 1. The highest BCUT2D eigenvalue weighted by atomic mass is 16.6. The van der Waals surface area contributed by atoms with Gasteiger partial charge in [0.1, 0.15) is 4.92 Å². The van der Waals surface area contributed by atoms with E-state index in [1.165, 1.54) is 6.07 Å². The van der Waals surface area contributed by atoms with Crippen LogP contribution in [0.25, 0.3) is 0 Å². The summed E-state index contributed by atoms with van der Waals surface area (Å²) in [7, 11) is 0. The molecule has 0 saturated heterocycles. The average Bonchev–Trinajstić information content (AvgIpc) is 2.90. The van der Waals surface area contributed by atoms with Crippen LogP contribution in [0.1, 0.15) is 37.2 Å². The van der Waals surface area contributed by atoms with Crippen molar-refractivity contribution in [2.24, 2.45) is 5.41 Å². The molecule has 0 fully saturated rings. The maximum Gasteiger partial charge on any atom is 0.433 e. The Kier molecular flexibility index (Phi) is 5.05. The molecule has 106 valence electrons. The molecular formula is C12H18N2O5. The van der Waals surface area contributed by atoms with Gasteiger partial charge in [0, 0.05) is 12.0 Å². The number of aliphatic hydroxyl groups excluding tert-OH is 1. The third-order valence-corrected chi connectivity index (χ3v) is 3.45. The van der Waals surface area contributed by atoms with E-state index in [0.717, 1.165) is 18.9 Å². The molecular weight excluding hydrogens is 252 g/mol. The van der Waals surface area contributed by atoms with Gasteiger partial charge in [0.2, 0.25) is 0 Å². The van der Waals surface area contributed by atoms with E-state index >= 15 is 0 Å². The number of furan rings is 1. The lowest BCUT2D eigenvalue weighted by atomic mass is 9.83. The van der Waals surface area contributed by atoms with E-state index in [4.69, 9.17) is 4.42 Å². The molecule has 0 spiro atoms. The van der Waals surface area contributed by atoms with Crippen molar-refractivity contribution < 1.29 is 19.2 Å². The van der Waals surface area contributed by atoms with Gasteiger partial charge in [-0.05, 0) is 18.9 Å². The third-order valence-electron chi connectivity index (χ3n) is 3.45. The fourth-order valence-corrected chi connectivity index (χ4v) is 1.68. The first-order chi connectivity index (χ1) is 8.98. The van der Waals surface area contributed by atoms with Gasteiger partial charge in [-0.1, -0.05) is 13.8 Å². The van der Waals surface area contributed by atoms with Crippen molar-refractivity contribution in [2.45, 2.75) is 26.7 Å². The Balaban J connectivity index is 2.66. The Morgan fingerprint density at radius 1 is 1.47 bits per heavy atom. The fourth-order valence-electron chi connectivity index (χ4n) is 1.68. The fraction of sp³-hybridized carbons (Fsp3) is 0.583. The highest BCUT2D eigenvalue weighted by molar-refractivity contribution is 5.91. The first kappa shape index (κ1) is 15.2. The number of nitro groups is 1. The zero-order chi connectivity index (χ0) is 14.5. The number of rotatable bonds is 7. The van der Waals surface area contributed by atoms with Gasteiger partial charge in [-0.15, -0.1) is 0 Å². The molecule has 1 amide bonds. The Morgan fingerprint density at radius 3 is 2.53 bits per heavy atom. The summed E-state index contributed by atoms with van der Waals surface area (Å²) in [4.78, 5) is 21.5. The molecule has 0 saturated carbocycles. The first-order valence-corrected chi connectivity index (χ1v) is 6.11. The van der Waals surface area contributed by atoms with Crippen molar-refractivity contribution in [3.05, 3.63) is 28.0 Å². The molecule has 0 unspecified atom stereocenters. The van der Waals surface area contributed by atoms with Gasteiger partial charge >= 0.3 is 5.88 Å². The molecule has 1 aromatic heterocycles. The summed E-state index contributed by atoms with van der Waals surface area (Å²) in [5.74, 6) is -1.09. The quantitative estimate of drug-likeness (QED) is 0.579. The summed E-state index contributed by atoms with van der Waals surface area (Å²) in [6, 6.07) is 2.39. The first-order valence-electron chi connectivity index (χ1n) is 6.11.